The van der Waals surface area contributed by atoms with E-state index in [9.17, 15) is 4.79 Å². The van der Waals surface area contributed by atoms with Crippen LogP contribution in [0.3, 0.4) is 0 Å². The van der Waals surface area contributed by atoms with Crippen molar-refractivity contribution < 1.29 is 9.32 Å². The first kappa shape index (κ1) is 18.2. The number of hydrogen-bond acceptors (Lipinski definition) is 6. The predicted octanol–water partition coefficient (Wildman–Crippen LogP) is 4.71. The van der Waals surface area contributed by atoms with Gasteiger partial charge in [-0.15, -0.1) is 10.2 Å². The third kappa shape index (κ3) is 3.75. The second-order valence-corrected chi connectivity index (χ2v) is 7.67. The number of thioether (sulfide) groups is 1. The molecule has 0 aliphatic heterocycles. The fourth-order valence-corrected chi connectivity index (χ4v) is 3.74. The Morgan fingerprint density at radius 3 is 2.46 bits per heavy atom. The summed E-state index contributed by atoms with van der Waals surface area (Å²) in [5.41, 5.74) is 1.84. The van der Waals surface area contributed by atoms with E-state index in [1.807, 2.05) is 61.5 Å². The summed E-state index contributed by atoms with van der Waals surface area (Å²) >= 11 is 1.37. The third-order valence-electron chi connectivity index (χ3n) is 4.24. The number of carbonyl (C=O) groups excluding carboxylic acids is 1. The summed E-state index contributed by atoms with van der Waals surface area (Å²) in [7, 11) is 0. The highest BCUT2D eigenvalue weighted by Crippen LogP contribution is 2.33. The first-order valence-corrected chi connectivity index (χ1v) is 9.71. The summed E-state index contributed by atoms with van der Waals surface area (Å²) in [6.07, 6.45) is 0. The number of benzene rings is 2. The Bertz CT molecular complexity index is 1130. The monoisotopic (exact) mass is 390 g/mol. The van der Waals surface area contributed by atoms with Crippen molar-refractivity contribution in [2.75, 3.05) is 5.32 Å². The molecule has 140 valence electrons. The lowest BCUT2D eigenvalue weighted by molar-refractivity contribution is -0.115. The van der Waals surface area contributed by atoms with Crippen molar-refractivity contribution in [1.29, 1.82) is 0 Å². The predicted molar refractivity (Wildman–Crippen MR) is 110 cm³/mol. The second kappa shape index (κ2) is 7.82. The van der Waals surface area contributed by atoms with Crippen LogP contribution in [0.1, 0.15) is 12.7 Å². The maximum absolute atomic E-state index is 12.5. The molecule has 2 aromatic heterocycles. The lowest BCUT2D eigenvalue weighted by atomic mass is 10.1. The Morgan fingerprint density at radius 1 is 1.04 bits per heavy atom. The van der Waals surface area contributed by atoms with Gasteiger partial charge in [-0.25, -0.2) is 0 Å². The largest absolute Gasteiger partial charge is 0.360 e. The molecule has 28 heavy (non-hydrogen) atoms. The van der Waals surface area contributed by atoms with Gasteiger partial charge in [0.2, 0.25) is 5.91 Å². The highest BCUT2D eigenvalue weighted by atomic mass is 32.2. The SMILES string of the molecule is Cc1cc(NC(=O)[C@H](C)Sc2nnc(-c3ccccc3)c3ccccc23)no1. The van der Waals surface area contributed by atoms with Crippen LogP contribution in [0.2, 0.25) is 0 Å². The molecule has 4 aromatic rings. The highest BCUT2D eigenvalue weighted by molar-refractivity contribution is 8.00. The number of carbonyl (C=O) groups is 1. The first-order valence-electron chi connectivity index (χ1n) is 8.83. The Morgan fingerprint density at radius 2 is 1.75 bits per heavy atom. The quantitative estimate of drug-likeness (QED) is 0.497. The van der Waals surface area contributed by atoms with E-state index in [2.05, 4.69) is 20.7 Å². The zero-order chi connectivity index (χ0) is 19.5. The number of nitrogens with one attached hydrogen (secondary N) is 1. The van der Waals surface area contributed by atoms with Gasteiger partial charge in [0.1, 0.15) is 16.5 Å². The number of amides is 1. The highest BCUT2D eigenvalue weighted by Gasteiger charge is 2.19. The zero-order valence-corrected chi connectivity index (χ0v) is 16.2. The summed E-state index contributed by atoms with van der Waals surface area (Å²) in [4.78, 5) is 12.5. The van der Waals surface area contributed by atoms with E-state index in [1.165, 1.54) is 11.8 Å². The minimum atomic E-state index is -0.378. The standard InChI is InChI=1S/C21H18N4O2S/c1-13-12-18(25-27-13)22-20(26)14(2)28-21-17-11-7-6-10-16(17)19(23-24-21)15-8-4-3-5-9-15/h3-12,14H,1-2H3,(H,22,25,26)/t14-/m0/s1. The van der Waals surface area contributed by atoms with Crippen molar-refractivity contribution in [2.45, 2.75) is 24.1 Å². The van der Waals surface area contributed by atoms with Gasteiger partial charge in [-0.3, -0.25) is 4.79 Å². The van der Waals surface area contributed by atoms with Crippen LogP contribution in [0, 0.1) is 6.92 Å². The summed E-state index contributed by atoms with van der Waals surface area (Å²) in [5, 5.41) is 17.7. The van der Waals surface area contributed by atoms with Gasteiger partial charge in [0.05, 0.1) is 5.25 Å². The molecular weight excluding hydrogens is 372 g/mol. The Labute approximate surface area is 166 Å². The molecule has 0 fully saturated rings. The molecule has 0 saturated heterocycles. The molecule has 0 radical (unpaired) electrons. The van der Waals surface area contributed by atoms with E-state index >= 15 is 0 Å². The third-order valence-corrected chi connectivity index (χ3v) is 5.33. The maximum atomic E-state index is 12.5. The number of anilines is 1. The molecule has 0 unspecified atom stereocenters. The minimum Gasteiger partial charge on any atom is -0.360 e. The van der Waals surface area contributed by atoms with Crippen LogP contribution >= 0.6 is 11.8 Å². The molecule has 2 aromatic carbocycles. The van der Waals surface area contributed by atoms with Gasteiger partial charge in [0.15, 0.2) is 5.82 Å². The first-order chi connectivity index (χ1) is 13.6. The minimum absolute atomic E-state index is 0.170. The summed E-state index contributed by atoms with van der Waals surface area (Å²) in [6, 6.07) is 19.6. The number of aryl methyl sites for hydroxylation is 1. The van der Waals surface area contributed by atoms with Crippen molar-refractivity contribution in [2.24, 2.45) is 0 Å². The van der Waals surface area contributed by atoms with Crippen LogP contribution in [-0.2, 0) is 4.79 Å². The number of hydrogen-bond donors (Lipinski definition) is 1. The van der Waals surface area contributed by atoms with Crippen molar-refractivity contribution >= 4 is 34.3 Å². The topological polar surface area (TPSA) is 80.9 Å². The van der Waals surface area contributed by atoms with Gasteiger partial charge in [0.25, 0.3) is 0 Å². The van der Waals surface area contributed by atoms with Crippen LogP contribution in [0.4, 0.5) is 5.82 Å². The number of nitrogens with zero attached hydrogens (tertiary/aromatic N) is 3. The zero-order valence-electron chi connectivity index (χ0n) is 15.4. The number of fused-ring (bicyclic) bond motifs is 1. The van der Waals surface area contributed by atoms with E-state index < -0.39 is 0 Å². The molecule has 0 aliphatic rings. The van der Waals surface area contributed by atoms with Crippen molar-refractivity contribution in [1.82, 2.24) is 15.4 Å². The fraction of sp³-hybridized carbons (Fsp3) is 0.143. The van der Waals surface area contributed by atoms with E-state index in [4.69, 9.17) is 4.52 Å². The van der Waals surface area contributed by atoms with Crippen LogP contribution in [0.25, 0.3) is 22.0 Å². The molecule has 0 bridgehead atoms. The summed E-state index contributed by atoms with van der Waals surface area (Å²) in [5.74, 6) is 0.880. The van der Waals surface area contributed by atoms with Crippen LogP contribution in [0.5, 0.6) is 0 Å². The molecule has 1 atom stereocenters. The smallest absolute Gasteiger partial charge is 0.238 e. The van der Waals surface area contributed by atoms with Gasteiger partial charge in [0, 0.05) is 22.4 Å². The Hall–Kier alpha value is -3.19. The molecule has 1 amide bonds. The number of aromatic nitrogens is 3. The molecule has 7 heteroatoms. The van der Waals surface area contributed by atoms with E-state index in [0.29, 0.717) is 16.6 Å². The van der Waals surface area contributed by atoms with Crippen LogP contribution in [0.15, 0.2) is 70.2 Å². The van der Waals surface area contributed by atoms with Crippen molar-refractivity contribution in [3.05, 3.63) is 66.4 Å². The van der Waals surface area contributed by atoms with Gasteiger partial charge in [-0.1, -0.05) is 71.5 Å². The fourth-order valence-electron chi connectivity index (χ4n) is 2.85. The second-order valence-electron chi connectivity index (χ2n) is 6.34. The average molecular weight is 390 g/mol. The average Bonchev–Trinajstić information content (AvgIpc) is 3.13. The molecule has 0 spiro atoms. The molecule has 6 nitrogen and oxygen atoms in total. The number of rotatable bonds is 5. The van der Waals surface area contributed by atoms with Gasteiger partial charge >= 0.3 is 0 Å². The molecule has 0 aliphatic carbocycles. The van der Waals surface area contributed by atoms with Gasteiger partial charge in [-0.2, -0.15) is 0 Å². The normalized spacial score (nSPS) is 12.1. The molecule has 1 N–H and O–H groups in total. The van der Waals surface area contributed by atoms with Gasteiger partial charge in [-0.05, 0) is 13.8 Å². The lowest BCUT2D eigenvalue weighted by Gasteiger charge is -2.12. The molecule has 0 saturated carbocycles. The van der Waals surface area contributed by atoms with E-state index in [0.717, 1.165) is 22.0 Å². The van der Waals surface area contributed by atoms with Crippen LogP contribution < -0.4 is 5.32 Å². The molecule has 2 heterocycles. The van der Waals surface area contributed by atoms with E-state index in [-0.39, 0.29) is 11.2 Å². The maximum Gasteiger partial charge on any atom is 0.238 e. The van der Waals surface area contributed by atoms with Crippen molar-refractivity contribution in [3.63, 3.8) is 0 Å². The lowest BCUT2D eigenvalue weighted by Crippen LogP contribution is -2.22. The van der Waals surface area contributed by atoms with Gasteiger partial charge < -0.3 is 9.84 Å². The van der Waals surface area contributed by atoms with Crippen LogP contribution in [-0.4, -0.2) is 26.5 Å². The molecule has 4 rings (SSSR count). The van der Waals surface area contributed by atoms with E-state index in [1.54, 1.807) is 13.0 Å². The Kier molecular flexibility index (Phi) is 5.08. The molecular formula is C21H18N4O2S. The summed E-state index contributed by atoms with van der Waals surface area (Å²) < 4.78 is 4.98. The summed E-state index contributed by atoms with van der Waals surface area (Å²) in [6.45, 7) is 3.60. The Balaban J connectivity index is 1.61. The van der Waals surface area contributed by atoms with Crippen molar-refractivity contribution in [3.8, 4) is 11.3 Å².